The van der Waals surface area contributed by atoms with Gasteiger partial charge in [-0.1, -0.05) is 11.3 Å². The average molecular weight is 242 g/mol. The van der Waals surface area contributed by atoms with Crippen LogP contribution < -0.4 is 5.32 Å². The molecule has 0 saturated heterocycles. The molecular weight excluding hydrogens is 232 g/mol. The SMILES string of the molecule is COCCNc1nc2sc(C=O)cc2s1. The van der Waals surface area contributed by atoms with Crippen LogP contribution in [0, 0.1) is 0 Å². The first-order chi connectivity index (χ1) is 7.33. The lowest BCUT2D eigenvalue weighted by Crippen LogP contribution is -2.06. The number of fused-ring (bicyclic) bond motifs is 1. The van der Waals surface area contributed by atoms with Gasteiger partial charge in [-0.15, -0.1) is 11.3 Å². The van der Waals surface area contributed by atoms with Crippen molar-refractivity contribution in [3.63, 3.8) is 0 Å². The fourth-order valence-corrected chi connectivity index (χ4v) is 3.11. The van der Waals surface area contributed by atoms with E-state index in [1.165, 1.54) is 11.3 Å². The maximum absolute atomic E-state index is 10.5. The summed E-state index contributed by atoms with van der Waals surface area (Å²) < 4.78 is 5.98. The first-order valence-corrected chi connectivity index (χ1v) is 6.05. The lowest BCUT2D eigenvalue weighted by Gasteiger charge is -1.99. The van der Waals surface area contributed by atoms with Crippen LogP contribution in [0.3, 0.4) is 0 Å². The number of hydrogen-bond donors (Lipinski definition) is 1. The van der Waals surface area contributed by atoms with E-state index in [1.807, 2.05) is 6.07 Å². The van der Waals surface area contributed by atoms with Crippen LogP contribution in [-0.4, -0.2) is 31.5 Å². The number of anilines is 1. The van der Waals surface area contributed by atoms with Gasteiger partial charge in [0.1, 0.15) is 4.83 Å². The van der Waals surface area contributed by atoms with E-state index < -0.39 is 0 Å². The van der Waals surface area contributed by atoms with Crippen LogP contribution in [0.25, 0.3) is 9.53 Å². The van der Waals surface area contributed by atoms with E-state index in [1.54, 1.807) is 18.4 Å². The predicted octanol–water partition coefficient (Wildman–Crippen LogP) is 2.23. The van der Waals surface area contributed by atoms with Gasteiger partial charge in [0.25, 0.3) is 0 Å². The van der Waals surface area contributed by atoms with Gasteiger partial charge in [-0.05, 0) is 6.07 Å². The molecule has 0 saturated carbocycles. The minimum Gasteiger partial charge on any atom is -0.383 e. The maximum atomic E-state index is 10.5. The summed E-state index contributed by atoms with van der Waals surface area (Å²) in [5.74, 6) is 0. The summed E-state index contributed by atoms with van der Waals surface area (Å²) in [4.78, 5) is 16.5. The largest absolute Gasteiger partial charge is 0.383 e. The number of rotatable bonds is 5. The molecule has 0 aliphatic heterocycles. The van der Waals surface area contributed by atoms with Gasteiger partial charge >= 0.3 is 0 Å². The van der Waals surface area contributed by atoms with E-state index in [0.717, 1.165) is 32.4 Å². The Balaban J connectivity index is 2.10. The number of methoxy groups -OCH3 is 1. The van der Waals surface area contributed by atoms with Crippen molar-refractivity contribution in [3.05, 3.63) is 10.9 Å². The predicted molar refractivity (Wildman–Crippen MR) is 63.3 cm³/mol. The van der Waals surface area contributed by atoms with Crippen molar-refractivity contribution in [2.45, 2.75) is 0 Å². The van der Waals surface area contributed by atoms with Crippen molar-refractivity contribution in [3.8, 4) is 0 Å². The molecule has 0 aliphatic carbocycles. The fourth-order valence-electron chi connectivity index (χ4n) is 1.15. The number of hydrogen-bond acceptors (Lipinski definition) is 6. The van der Waals surface area contributed by atoms with E-state index in [9.17, 15) is 4.79 Å². The number of thiophene rings is 1. The normalized spacial score (nSPS) is 10.7. The topological polar surface area (TPSA) is 51.2 Å². The highest BCUT2D eigenvalue weighted by Crippen LogP contribution is 2.31. The summed E-state index contributed by atoms with van der Waals surface area (Å²) in [7, 11) is 1.67. The molecule has 0 aromatic carbocycles. The van der Waals surface area contributed by atoms with E-state index in [-0.39, 0.29) is 0 Å². The van der Waals surface area contributed by atoms with E-state index in [0.29, 0.717) is 6.61 Å². The monoisotopic (exact) mass is 242 g/mol. The molecule has 2 aromatic rings. The molecule has 0 spiro atoms. The zero-order chi connectivity index (χ0) is 10.7. The van der Waals surface area contributed by atoms with Crippen LogP contribution in [0.15, 0.2) is 6.07 Å². The van der Waals surface area contributed by atoms with E-state index in [4.69, 9.17) is 4.74 Å². The Kier molecular flexibility index (Phi) is 3.30. The Morgan fingerprint density at radius 2 is 2.47 bits per heavy atom. The molecule has 80 valence electrons. The van der Waals surface area contributed by atoms with Gasteiger partial charge in [0, 0.05) is 13.7 Å². The Bertz CT molecular complexity index is 432. The van der Waals surface area contributed by atoms with Crippen molar-refractivity contribution in [1.29, 1.82) is 0 Å². The lowest BCUT2D eigenvalue weighted by atomic mass is 10.5. The van der Waals surface area contributed by atoms with Gasteiger partial charge in [-0.2, -0.15) is 0 Å². The molecular formula is C9H10N2O2S2. The van der Waals surface area contributed by atoms with Gasteiger partial charge in [0.2, 0.25) is 0 Å². The Morgan fingerprint density at radius 3 is 3.13 bits per heavy atom. The van der Waals surface area contributed by atoms with Crippen LogP contribution in [-0.2, 0) is 4.74 Å². The number of thiazole rings is 1. The van der Waals surface area contributed by atoms with Crippen molar-refractivity contribution in [1.82, 2.24) is 4.98 Å². The number of nitrogens with one attached hydrogen (secondary N) is 1. The van der Waals surface area contributed by atoms with Crippen molar-refractivity contribution >= 4 is 43.6 Å². The minimum absolute atomic E-state index is 0.660. The summed E-state index contributed by atoms with van der Waals surface area (Å²) in [6.45, 7) is 1.41. The molecule has 4 nitrogen and oxygen atoms in total. The van der Waals surface area contributed by atoms with Gasteiger partial charge in [0.15, 0.2) is 11.4 Å². The summed E-state index contributed by atoms with van der Waals surface area (Å²) in [6, 6.07) is 1.87. The number of aromatic nitrogens is 1. The first-order valence-electron chi connectivity index (χ1n) is 4.42. The summed E-state index contributed by atoms with van der Waals surface area (Å²) in [5.41, 5.74) is 0. The second kappa shape index (κ2) is 4.69. The standard InChI is InChI=1S/C9H10N2O2S2/c1-13-3-2-10-9-11-8-7(15-9)4-6(5-12)14-8/h4-5H,2-3H2,1H3,(H,10,11). The summed E-state index contributed by atoms with van der Waals surface area (Å²) in [5, 5.41) is 4.04. The summed E-state index contributed by atoms with van der Waals surface area (Å²) in [6.07, 6.45) is 0.858. The Labute approximate surface area is 94.9 Å². The Morgan fingerprint density at radius 1 is 1.60 bits per heavy atom. The van der Waals surface area contributed by atoms with Crippen LogP contribution in [0.2, 0.25) is 0 Å². The second-order valence-electron chi connectivity index (χ2n) is 2.87. The van der Waals surface area contributed by atoms with Gasteiger partial charge < -0.3 is 10.1 Å². The molecule has 0 unspecified atom stereocenters. The molecule has 0 radical (unpaired) electrons. The minimum atomic E-state index is 0.660. The Hall–Kier alpha value is -0.980. The highest BCUT2D eigenvalue weighted by molar-refractivity contribution is 7.29. The zero-order valence-corrected chi connectivity index (χ0v) is 9.78. The third kappa shape index (κ3) is 2.34. The van der Waals surface area contributed by atoms with Gasteiger partial charge in [0.05, 0.1) is 16.2 Å². The zero-order valence-electron chi connectivity index (χ0n) is 8.15. The highest BCUT2D eigenvalue weighted by Gasteiger charge is 2.07. The van der Waals surface area contributed by atoms with Gasteiger partial charge in [-0.3, -0.25) is 4.79 Å². The molecule has 2 aromatic heterocycles. The second-order valence-corrected chi connectivity index (χ2v) is 4.97. The molecule has 0 aliphatic rings. The molecule has 6 heteroatoms. The number of carbonyl (C=O) groups is 1. The average Bonchev–Trinajstić information content (AvgIpc) is 2.75. The highest BCUT2D eigenvalue weighted by atomic mass is 32.1. The first kappa shape index (κ1) is 10.5. The molecule has 0 atom stereocenters. The molecule has 2 rings (SSSR count). The smallest absolute Gasteiger partial charge is 0.184 e. The van der Waals surface area contributed by atoms with Crippen molar-refractivity contribution in [2.75, 3.05) is 25.6 Å². The molecule has 2 heterocycles. The van der Waals surface area contributed by atoms with E-state index >= 15 is 0 Å². The third-order valence-corrected chi connectivity index (χ3v) is 3.85. The lowest BCUT2D eigenvalue weighted by molar-refractivity contribution is 0.112. The van der Waals surface area contributed by atoms with Crippen LogP contribution >= 0.6 is 22.7 Å². The summed E-state index contributed by atoms with van der Waals surface area (Å²) >= 11 is 2.97. The van der Waals surface area contributed by atoms with Crippen LogP contribution in [0.1, 0.15) is 9.67 Å². The molecule has 0 bridgehead atoms. The molecule has 1 N–H and O–H groups in total. The van der Waals surface area contributed by atoms with E-state index in [2.05, 4.69) is 10.3 Å². The quantitative estimate of drug-likeness (QED) is 0.645. The third-order valence-electron chi connectivity index (χ3n) is 1.81. The molecule has 0 amide bonds. The fraction of sp³-hybridized carbons (Fsp3) is 0.333. The van der Waals surface area contributed by atoms with Crippen molar-refractivity contribution in [2.24, 2.45) is 0 Å². The molecule has 15 heavy (non-hydrogen) atoms. The number of carbonyl (C=O) groups excluding carboxylic acids is 1. The van der Waals surface area contributed by atoms with Crippen molar-refractivity contribution < 1.29 is 9.53 Å². The molecule has 0 fully saturated rings. The number of ether oxygens (including phenoxy) is 1. The van der Waals surface area contributed by atoms with Gasteiger partial charge in [-0.25, -0.2) is 4.98 Å². The van der Waals surface area contributed by atoms with Crippen LogP contribution in [0.5, 0.6) is 0 Å². The van der Waals surface area contributed by atoms with Crippen LogP contribution in [0.4, 0.5) is 5.13 Å². The number of nitrogens with zero attached hydrogens (tertiary/aromatic N) is 1. The number of aldehydes is 1. The maximum Gasteiger partial charge on any atom is 0.184 e.